The van der Waals surface area contributed by atoms with Gasteiger partial charge in [-0.2, -0.15) is 0 Å². The van der Waals surface area contributed by atoms with Crippen LogP contribution < -0.4 is 10.6 Å². The Balaban J connectivity index is 1.63. The van der Waals surface area contributed by atoms with Gasteiger partial charge < -0.3 is 10.6 Å². The molecule has 3 heterocycles. The lowest BCUT2D eigenvalue weighted by Crippen LogP contribution is -2.15. The molecule has 0 unspecified atom stereocenters. The van der Waals surface area contributed by atoms with E-state index in [0.29, 0.717) is 26.9 Å². The minimum atomic E-state index is -0.650. The van der Waals surface area contributed by atoms with Crippen LogP contribution in [0.2, 0.25) is 0 Å². The summed E-state index contributed by atoms with van der Waals surface area (Å²) in [4.78, 5) is 21.3. The lowest BCUT2D eigenvalue weighted by molar-refractivity contribution is 0.102. The molecular weight excluding hydrogens is 395 g/mol. The predicted molar refractivity (Wildman–Crippen MR) is 109 cm³/mol. The minimum absolute atomic E-state index is 0.0442. The van der Waals surface area contributed by atoms with Crippen LogP contribution >= 0.6 is 11.3 Å². The second kappa shape index (κ2) is 7.51. The number of anilines is 2. The average molecular weight is 412 g/mol. The van der Waals surface area contributed by atoms with Gasteiger partial charge in [-0.1, -0.05) is 17.4 Å². The Morgan fingerprint density at radius 1 is 1.24 bits per heavy atom. The van der Waals surface area contributed by atoms with Crippen molar-refractivity contribution in [3.63, 3.8) is 0 Å². The first-order chi connectivity index (χ1) is 14.0. The second-order valence-corrected chi connectivity index (χ2v) is 7.50. The molecule has 11 heteroatoms. The highest BCUT2D eigenvalue weighted by Crippen LogP contribution is 2.28. The summed E-state index contributed by atoms with van der Waals surface area (Å²) in [6.45, 7) is 3.90. The van der Waals surface area contributed by atoms with E-state index in [4.69, 9.17) is 0 Å². The molecule has 2 N–H and O–H groups in total. The number of thiazole rings is 1. The summed E-state index contributed by atoms with van der Waals surface area (Å²) in [5.74, 6) is -0.502. The molecule has 0 aliphatic heterocycles. The van der Waals surface area contributed by atoms with Crippen molar-refractivity contribution in [3.8, 4) is 11.5 Å². The number of pyridine rings is 1. The van der Waals surface area contributed by atoms with Crippen LogP contribution in [0.25, 0.3) is 21.7 Å². The number of carbonyl (C=O) groups is 1. The number of amides is 1. The number of rotatable bonds is 5. The van der Waals surface area contributed by atoms with Crippen LogP contribution in [-0.2, 0) is 0 Å². The van der Waals surface area contributed by atoms with E-state index in [1.807, 2.05) is 13.8 Å². The quantitative estimate of drug-likeness (QED) is 0.517. The molecule has 0 atom stereocenters. The highest BCUT2D eigenvalue weighted by atomic mass is 32.1. The summed E-state index contributed by atoms with van der Waals surface area (Å²) in [6, 6.07) is 7.86. The van der Waals surface area contributed by atoms with E-state index < -0.39 is 11.7 Å². The van der Waals surface area contributed by atoms with Crippen LogP contribution in [0.3, 0.4) is 0 Å². The van der Waals surface area contributed by atoms with E-state index >= 15 is 0 Å². The number of tetrazole rings is 1. The van der Waals surface area contributed by atoms with Crippen molar-refractivity contribution in [3.05, 3.63) is 41.7 Å². The SMILES string of the molecule is CNc1nc2cc(F)c(C(=O)Nc3cccc(-c4nnnn4C(C)C)n3)cc2s1. The van der Waals surface area contributed by atoms with E-state index in [1.54, 1.807) is 29.9 Å². The largest absolute Gasteiger partial charge is 0.365 e. The summed E-state index contributed by atoms with van der Waals surface area (Å²) in [7, 11) is 1.73. The molecule has 0 spiro atoms. The molecule has 0 saturated carbocycles. The highest BCUT2D eigenvalue weighted by molar-refractivity contribution is 7.22. The maximum absolute atomic E-state index is 14.5. The standard InChI is InChI=1S/C18H17FN8OS/c1-9(2)27-16(24-25-26-27)12-5-4-6-15(21-12)23-17(28)10-7-14-13(8-11(10)19)22-18(20-3)29-14/h4-9H,1-3H3,(H,20,22)(H,21,23,28). The Morgan fingerprint density at radius 2 is 2.07 bits per heavy atom. The van der Waals surface area contributed by atoms with Gasteiger partial charge in [-0.05, 0) is 42.5 Å². The van der Waals surface area contributed by atoms with Gasteiger partial charge in [0, 0.05) is 13.1 Å². The van der Waals surface area contributed by atoms with Crippen LogP contribution in [0.15, 0.2) is 30.3 Å². The zero-order valence-corrected chi connectivity index (χ0v) is 16.7. The van der Waals surface area contributed by atoms with Crippen molar-refractivity contribution in [2.75, 3.05) is 17.7 Å². The number of fused-ring (bicyclic) bond motifs is 1. The third kappa shape index (κ3) is 3.63. The van der Waals surface area contributed by atoms with E-state index in [-0.39, 0.29) is 17.4 Å². The van der Waals surface area contributed by atoms with Crippen molar-refractivity contribution in [1.29, 1.82) is 0 Å². The van der Waals surface area contributed by atoms with Crippen molar-refractivity contribution >= 4 is 38.4 Å². The first-order valence-electron chi connectivity index (χ1n) is 8.80. The molecule has 0 fully saturated rings. The Kier molecular flexibility index (Phi) is 4.89. The van der Waals surface area contributed by atoms with Crippen molar-refractivity contribution in [2.45, 2.75) is 19.9 Å². The smallest absolute Gasteiger partial charge is 0.259 e. The fraction of sp³-hybridized carbons (Fsp3) is 0.222. The van der Waals surface area contributed by atoms with Crippen molar-refractivity contribution in [1.82, 2.24) is 30.2 Å². The fourth-order valence-corrected chi connectivity index (χ4v) is 3.59. The highest BCUT2D eigenvalue weighted by Gasteiger charge is 2.17. The zero-order valence-electron chi connectivity index (χ0n) is 15.8. The molecular formula is C18H17FN8OS. The predicted octanol–water partition coefficient (Wildman–Crippen LogP) is 3.36. The van der Waals surface area contributed by atoms with E-state index in [9.17, 15) is 9.18 Å². The lowest BCUT2D eigenvalue weighted by atomic mass is 10.2. The summed E-state index contributed by atoms with van der Waals surface area (Å²) in [6.07, 6.45) is 0. The minimum Gasteiger partial charge on any atom is -0.365 e. The number of hydrogen-bond donors (Lipinski definition) is 2. The van der Waals surface area contributed by atoms with Crippen molar-refractivity contribution in [2.24, 2.45) is 0 Å². The second-order valence-electron chi connectivity index (χ2n) is 6.47. The van der Waals surface area contributed by atoms with Gasteiger partial charge >= 0.3 is 0 Å². The zero-order chi connectivity index (χ0) is 20.5. The number of halogens is 1. The lowest BCUT2D eigenvalue weighted by Gasteiger charge is -2.09. The normalized spacial score (nSPS) is 11.2. The number of hydrogen-bond acceptors (Lipinski definition) is 8. The first kappa shape index (κ1) is 18.9. The molecule has 1 aromatic carbocycles. The van der Waals surface area contributed by atoms with Crippen LogP contribution in [-0.4, -0.2) is 43.1 Å². The molecule has 3 aromatic heterocycles. The van der Waals surface area contributed by atoms with Gasteiger partial charge in [0.15, 0.2) is 5.13 Å². The molecule has 0 bridgehead atoms. The monoisotopic (exact) mass is 412 g/mol. The van der Waals surface area contributed by atoms with E-state index in [1.165, 1.54) is 23.5 Å². The number of nitrogens with one attached hydrogen (secondary N) is 2. The summed E-state index contributed by atoms with van der Waals surface area (Å²) in [5, 5.41) is 17.8. The average Bonchev–Trinajstić information content (AvgIpc) is 3.34. The van der Waals surface area contributed by atoms with Gasteiger partial charge in [-0.15, -0.1) is 5.10 Å². The van der Waals surface area contributed by atoms with Gasteiger partial charge in [0.25, 0.3) is 5.91 Å². The third-order valence-corrected chi connectivity index (χ3v) is 5.17. The number of carbonyl (C=O) groups excluding carboxylic acids is 1. The molecule has 0 saturated heterocycles. The van der Waals surface area contributed by atoms with Crippen LogP contribution in [0.4, 0.5) is 15.3 Å². The molecule has 4 aromatic rings. The Bertz CT molecular complexity index is 1200. The number of nitrogens with zero attached hydrogens (tertiary/aromatic N) is 6. The van der Waals surface area contributed by atoms with Crippen LogP contribution in [0.1, 0.15) is 30.2 Å². The Labute approximate surface area is 169 Å². The van der Waals surface area contributed by atoms with E-state index in [2.05, 4.69) is 36.1 Å². The topological polar surface area (TPSA) is 111 Å². The Morgan fingerprint density at radius 3 is 2.83 bits per heavy atom. The van der Waals surface area contributed by atoms with Gasteiger partial charge in [0.1, 0.15) is 17.3 Å². The summed E-state index contributed by atoms with van der Waals surface area (Å²) in [5.41, 5.74) is 0.913. The molecule has 0 radical (unpaired) electrons. The fourth-order valence-electron chi connectivity index (χ4n) is 2.75. The molecule has 29 heavy (non-hydrogen) atoms. The van der Waals surface area contributed by atoms with Gasteiger partial charge in [0.2, 0.25) is 5.82 Å². The maximum Gasteiger partial charge on any atom is 0.259 e. The molecule has 0 aliphatic rings. The van der Waals surface area contributed by atoms with Gasteiger partial charge in [-0.25, -0.2) is 19.0 Å². The number of benzene rings is 1. The Hall–Kier alpha value is -3.47. The van der Waals surface area contributed by atoms with Crippen LogP contribution in [0.5, 0.6) is 0 Å². The molecule has 148 valence electrons. The third-order valence-electron chi connectivity index (χ3n) is 4.14. The summed E-state index contributed by atoms with van der Waals surface area (Å²) < 4.78 is 16.8. The molecule has 9 nitrogen and oxygen atoms in total. The van der Waals surface area contributed by atoms with E-state index in [0.717, 1.165) is 0 Å². The first-order valence-corrected chi connectivity index (χ1v) is 9.62. The summed E-state index contributed by atoms with van der Waals surface area (Å²) >= 11 is 1.34. The van der Waals surface area contributed by atoms with Gasteiger partial charge in [0.05, 0.1) is 21.8 Å². The van der Waals surface area contributed by atoms with Gasteiger partial charge in [-0.3, -0.25) is 4.79 Å². The molecule has 0 aliphatic carbocycles. The molecule has 4 rings (SSSR count). The van der Waals surface area contributed by atoms with Crippen LogP contribution in [0, 0.1) is 5.82 Å². The number of aromatic nitrogens is 6. The molecule has 1 amide bonds. The maximum atomic E-state index is 14.5. The van der Waals surface area contributed by atoms with Crippen molar-refractivity contribution < 1.29 is 9.18 Å².